The molecule has 5 nitrogen and oxygen atoms in total. The fourth-order valence-corrected chi connectivity index (χ4v) is 3.78. The number of aliphatic imine (C=N–C) groups is 1. The van der Waals surface area contributed by atoms with Gasteiger partial charge in [0.15, 0.2) is 11.6 Å². The van der Waals surface area contributed by atoms with Crippen molar-refractivity contribution in [3.63, 3.8) is 0 Å². The molecule has 0 aromatic heterocycles. The number of benzene rings is 1. The van der Waals surface area contributed by atoms with Gasteiger partial charge < -0.3 is 10.7 Å². The second-order valence-electron chi connectivity index (χ2n) is 8.75. The average molecular weight is 454 g/mol. The second kappa shape index (κ2) is 10.4. The number of anilines is 1. The van der Waals surface area contributed by atoms with Crippen LogP contribution in [0.25, 0.3) is 0 Å². The van der Waals surface area contributed by atoms with Gasteiger partial charge in [-0.05, 0) is 61.9 Å². The number of dihydropyridines is 1. The fraction of sp³-hybridized carbons (Fsp3) is 0.241. The zero-order valence-corrected chi connectivity index (χ0v) is 20.0. The van der Waals surface area contributed by atoms with Crippen LogP contribution in [-0.2, 0) is 4.79 Å². The molecule has 34 heavy (non-hydrogen) atoms. The molecule has 1 aromatic rings. The van der Waals surface area contributed by atoms with Crippen molar-refractivity contribution in [3.05, 3.63) is 102 Å². The molecule has 1 aliphatic carbocycles. The summed E-state index contributed by atoms with van der Waals surface area (Å²) < 4.78 is 0. The van der Waals surface area contributed by atoms with Crippen LogP contribution in [0.1, 0.15) is 37.6 Å². The molecule has 5 heteroatoms. The van der Waals surface area contributed by atoms with E-state index in [0.29, 0.717) is 11.1 Å². The van der Waals surface area contributed by atoms with Crippen LogP contribution in [0.3, 0.4) is 0 Å². The number of carbonyl (C=O) groups is 2. The molecule has 174 valence electrons. The summed E-state index contributed by atoms with van der Waals surface area (Å²) in [5, 5.41) is 11.3. The summed E-state index contributed by atoms with van der Waals surface area (Å²) in [7, 11) is 0. The number of carbonyl (C=O) groups excluding carboxylic acids is 2. The SMILES string of the molecule is C=CC(=N)/C=C(/C(=O)/C=C/C1=CC2CC2(Nc2cccc(C(=O)C=CC)c2)N=C1)C(C)C(=C)C. The van der Waals surface area contributed by atoms with Crippen molar-refractivity contribution in [1.29, 1.82) is 5.41 Å². The molecule has 3 unspecified atom stereocenters. The zero-order chi connectivity index (χ0) is 24.9. The highest BCUT2D eigenvalue weighted by Crippen LogP contribution is 2.50. The number of rotatable bonds is 11. The van der Waals surface area contributed by atoms with Gasteiger partial charge in [-0.25, -0.2) is 0 Å². The van der Waals surface area contributed by atoms with E-state index in [4.69, 9.17) is 10.4 Å². The standard InChI is InChI=1S/C29H31N3O2/c1-6-9-27(33)22-10-8-11-25(15-22)32-29-17-23(29)14-21(18-31-29)12-13-28(34)26(16-24(30)7-2)20(5)19(3)4/h6-16,18,20,23,30,32H,2-3,17H2,1,4-5H3/b9-6?,13-12+,26-16+,30-24?. The minimum Gasteiger partial charge on any atom is -0.361 e. The molecular formula is C29H31N3O2. The Labute approximate surface area is 201 Å². The molecule has 0 amide bonds. The molecule has 3 rings (SSSR count). The Morgan fingerprint density at radius 1 is 1.32 bits per heavy atom. The van der Waals surface area contributed by atoms with Crippen molar-refractivity contribution < 1.29 is 9.59 Å². The van der Waals surface area contributed by atoms with Gasteiger partial charge in [-0.1, -0.05) is 49.9 Å². The van der Waals surface area contributed by atoms with Crippen molar-refractivity contribution >= 4 is 29.2 Å². The number of allylic oxidation sites excluding steroid dienone is 9. The number of nitrogens with one attached hydrogen (secondary N) is 2. The number of fused-ring (bicyclic) bond motifs is 1. The zero-order valence-electron chi connectivity index (χ0n) is 20.0. The second-order valence-corrected chi connectivity index (χ2v) is 8.75. The van der Waals surface area contributed by atoms with Crippen LogP contribution in [0.4, 0.5) is 5.69 Å². The summed E-state index contributed by atoms with van der Waals surface area (Å²) >= 11 is 0. The largest absolute Gasteiger partial charge is 0.361 e. The van der Waals surface area contributed by atoms with Crippen LogP contribution in [0.2, 0.25) is 0 Å². The molecule has 1 heterocycles. The molecule has 1 saturated carbocycles. The van der Waals surface area contributed by atoms with Gasteiger partial charge in [0.25, 0.3) is 0 Å². The van der Waals surface area contributed by atoms with E-state index in [1.165, 1.54) is 12.2 Å². The normalized spacial score (nSPS) is 22.1. The van der Waals surface area contributed by atoms with Crippen molar-refractivity contribution in [2.24, 2.45) is 16.8 Å². The van der Waals surface area contributed by atoms with E-state index in [1.54, 1.807) is 36.6 Å². The van der Waals surface area contributed by atoms with Crippen LogP contribution in [0.5, 0.6) is 0 Å². The van der Waals surface area contributed by atoms with Crippen LogP contribution in [0.15, 0.2) is 102 Å². The quantitative estimate of drug-likeness (QED) is 0.185. The van der Waals surface area contributed by atoms with Crippen LogP contribution >= 0.6 is 0 Å². The van der Waals surface area contributed by atoms with E-state index in [9.17, 15) is 9.59 Å². The summed E-state index contributed by atoms with van der Waals surface area (Å²) in [5.74, 6) is -0.148. The molecular weight excluding hydrogens is 422 g/mol. The van der Waals surface area contributed by atoms with E-state index in [-0.39, 0.29) is 29.1 Å². The average Bonchev–Trinajstić information content (AvgIpc) is 3.53. The maximum absolute atomic E-state index is 12.9. The fourth-order valence-electron chi connectivity index (χ4n) is 3.78. The van der Waals surface area contributed by atoms with Crippen molar-refractivity contribution in [3.8, 4) is 0 Å². The Morgan fingerprint density at radius 2 is 2.09 bits per heavy atom. The molecule has 1 aromatic carbocycles. The monoisotopic (exact) mass is 453 g/mol. The third-order valence-corrected chi connectivity index (χ3v) is 6.10. The third-order valence-electron chi connectivity index (χ3n) is 6.10. The molecule has 3 atom stereocenters. The lowest BCUT2D eigenvalue weighted by Gasteiger charge is -2.19. The maximum Gasteiger partial charge on any atom is 0.185 e. The minimum absolute atomic E-state index is 0.0299. The van der Waals surface area contributed by atoms with Crippen molar-refractivity contribution in [1.82, 2.24) is 0 Å². The van der Waals surface area contributed by atoms with E-state index >= 15 is 0 Å². The van der Waals surface area contributed by atoms with Gasteiger partial charge in [0.2, 0.25) is 0 Å². The Hall–Kier alpha value is -3.86. The summed E-state index contributed by atoms with van der Waals surface area (Å²) in [5.41, 5.74) is 3.50. The lowest BCUT2D eigenvalue weighted by molar-refractivity contribution is -0.111. The van der Waals surface area contributed by atoms with Crippen LogP contribution in [0, 0.1) is 17.2 Å². The highest BCUT2D eigenvalue weighted by Gasteiger charge is 2.54. The van der Waals surface area contributed by atoms with Gasteiger partial charge in [-0.15, -0.1) is 0 Å². The topological polar surface area (TPSA) is 82.4 Å². The number of hydrogen-bond donors (Lipinski definition) is 2. The predicted molar refractivity (Wildman–Crippen MR) is 141 cm³/mol. The van der Waals surface area contributed by atoms with Crippen LogP contribution < -0.4 is 5.32 Å². The number of hydrogen-bond acceptors (Lipinski definition) is 5. The first-order valence-electron chi connectivity index (χ1n) is 11.3. The summed E-state index contributed by atoms with van der Waals surface area (Å²) in [4.78, 5) is 29.7. The van der Waals surface area contributed by atoms with Crippen molar-refractivity contribution in [2.45, 2.75) is 32.9 Å². The summed E-state index contributed by atoms with van der Waals surface area (Å²) in [6.07, 6.45) is 14.3. The van der Waals surface area contributed by atoms with Crippen molar-refractivity contribution in [2.75, 3.05) is 5.32 Å². The lowest BCUT2D eigenvalue weighted by atomic mass is 9.90. The Balaban J connectivity index is 1.70. The number of ketones is 2. The summed E-state index contributed by atoms with van der Waals surface area (Å²) in [6.45, 7) is 13.1. The minimum atomic E-state index is -0.401. The Bertz CT molecular complexity index is 1200. The summed E-state index contributed by atoms with van der Waals surface area (Å²) in [6, 6.07) is 7.43. The lowest BCUT2D eigenvalue weighted by Crippen LogP contribution is -2.23. The van der Waals surface area contributed by atoms with E-state index in [1.807, 2.05) is 39.0 Å². The van der Waals surface area contributed by atoms with Gasteiger partial charge in [0, 0.05) is 41.3 Å². The molecule has 1 aliphatic heterocycles. The highest BCUT2D eigenvalue weighted by atomic mass is 16.1. The molecule has 0 spiro atoms. The van der Waals surface area contributed by atoms with Crippen LogP contribution in [-0.4, -0.2) is 29.2 Å². The Kier molecular flexibility index (Phi) is 7.57. The van der Waals surface area contributed by atoms with Gasteiger partial charge in [0.1, 0.15) is 5.66 Å². The first kappa shape index (κ1) is 24.8. The molecule has 2 N–H and O–H groups in total. The highest BCUT2D eigenvalue weighted by molar-refractivity contribution is 6.12. The maximum atomic E-state index is 12.9. The van der Waals surface area contributed by atoms with Gasteiger partial charge in [-0.2, -0.15) is 0 Å². The molecule has 0 bridgehead atoms. The first-order chi connectivity index (χ1) is 16.2. The molecule has 0 radical (unpaired) electrons. The third kappa shape index (κ3) is 5.73. The molecule has 0 saturated heterocycles. The van der Waals surface area contributed by atoms with Gasteiger partial charge in [-0.3, -0.25) is 14.6 Å². The Morgan fingerprint density at radius 3 is 2.74 bits per heavy atom. The molecule has 1 fully saturated rings. The molecule has 2 aliphatic rings. The smallest absolute Gasteiger partial charge is 0.185 e. The van der Waals surface area contributed by atoms with Gasteiger partial charge >= 0.3 is 0 Å². The number of nitrogens with zero attached hydrogens (tertiary/aromatic N) is 1. The predicted octanol–water partition coefficient (Wildman–Crippen LogP) is 6.05. The van der Waals surface area contributed by atoms with E-state index < -0.39 is 5.66 Å². The van der Waals surface area contributed by atoms with E-state index in [2.05, 4.69) is 24.6 Å². The first-order valence-corrected chi connectivity index (χ1v) is 11.3. The van der Waals surface area contributed by atoms with Gasteiger partial charge in [0.05, 0.1) is 5.71 Å². The van der Waals surface area contributed by atoms with E-state index in [0.717, 1.165) is 23.3 Å².